The lowest BCUT2D eigenvalue weighted by Gasteiger charge is -2.33. The van der Waals surface area contributed by atoms with Gasteiger partial charge in [-0.25, -0.2) is 0 Å². The summed E-state index contributed by atoms with van der Waals surface area (Å²) >= 11 is 0. The first-order chi connectivity index (χ1) is 11.2. The number of ether oxygens (including phenoxy) is 1. The minimum atomic E-state index is -0.223. The second-order valence-electron chi connectivity index (χ2n) is 9.73. The number of phenols is 1. The second-order valence-corrected chi connectivity index (χ2v) is 9.73. The van der Waals surface area contributed by atoms with Crippen molar-refractivity contribution < 1.29 is 14.6 Å². The normalized spacial score (nSPS) is 13.0. The maximum Gasteiger partial charge on any atom is 0.305 e. The summed E-state index contributed by atoms with van der Waals surface area (Å²) in [6.07, 6.45) is 1.96. The molecule has 1 aromatic rings. The second kappa shape index (κ2) is 7.39. The van der Waals surface area contributed by atoms with E-state index in [4.69, 9.17) is 4.74 Å². The minimum absolute atomic E-state index is 0.00451. The van der Waals surface area contributed by atoms with Gasteiger partial charge >= 0.3 is 5.97 Å². The first-order valence-electron chi connectivity index (χ1n) is 9.15. The van der Waals surface area contributed by atoms with E-state index in [1.165, 1.54) is 12.7 Å². The van der Waals surface area contributed by atoms with Crippen LogP contribution in [0.25, 0.3) is 0 Å². The molecule has 0 saturated carbocycles. The summed E-state index contributed by atoms with van der Waals surface area (Å²) in [4.78, 5) is 11.4. The average Bonchev–Trinajstić information content (AvgIpc) is 2.44. The summed E-state index contributed by atoms with van der Waals surface area (Å²) in [5.74, 6) is 0.211. The van der Waals surface area contributed by atoms with Crippen LogP contribution < -0.4 is 0 Å². The van der Waals surface area contributed by atoms with Gasteiger partial charge in [-0.15, -0.1) is 0 Å². The van der Waals surface area contributed by atoms with Gasteiger partial charge in [0.25, 0.3) is 0 Å². The third-order valence-electron chi connectivity index (χ3n) is 4.92. The van der Waals surface area contributed by atoms with Crippen molar-refractivity contribution in [3.05, 3.63) is 28.8 Å². The quantitative estimate of drug-likeness (QED) is 0.704. The number of carbonyl (C=O) groups is 1. The van der Waals surface area contributed by atoms with Crippen LogP contribution in [-0.2, 0) is 25.8 Å². The highest BCUT2D eigenvalue weighted by molar-refractivity contribution is 5.69. The number of hydrogen-bond acceptors (Lipinski definition) is 3. The number of hydrogen-bond donors (Lipinski definition) is 1. The molecule has 3 heteroatoms. The first kappa shape index (κ1) is 21.5. The number of phenolic OH excluding ortho intramolecular Hbond substituents is 1. The Labute approximate surface area is 153 Å². The Morgan fingerprint density at radius 1 is 0.960 bits per heavy atom. The summed E-state index contributed by atoms with van der Waals surface area (Å²) in [6.45, 7) is 17.2. The molecule has 3 nitrogen and oxygen atoms in total. The number of esters is 1. The molecule has 0 aliphatic heterocycles. The minimum Gasteiger partial charge on any atom is -0.507 e. The van der Waals surface area contributed by atoms with Gasteiger partial charge in [0.2, 0.25) is 0 Å². The molecular weight excluding hydrogens is 312 g/mol. The van der Waals surface area contributed by atoms with E-state index < -0.39 is 0 Å². The van der Waals surface area contributed by atoms with Crippen molar-refractivity contribution in [2.75, 3.05) is 7.11 Å². The monoisotopic (exact) mass is 348 g/mol. The first-order valence-corrected chi connectivity index (χ1v) is 9.15. The number of benzene rings is 1. The molecule has 0 fully saturated rings. The molecule has 0 aliphatic carbocycles. The molecule has 0 saturated heterocycles. The van der Waals surface area contributed by atoms with Gasteiger partial charge < -0.3 is 9.84 Å². The Balaban J connectivity index is 3.34. The molecule has 25 heavy (non-hydrogen) atoms. The zero-order valence-electron chi connectivity index (χ0n) is 17.5. The molecule has 1 rings (SSSR count). The van der Waals surface area contributed by atoms with Crippen LogP contribution in [-0.4, -0.2) is 18.2 Å². The van der Waals surface area contributed by atoms with E-state index >= 15 is 0 Å². The Bertz CT molecular complexity index is 613. The lowest BCUT2D eigenvalue weighted by Crippen LogP contribution is -2.23. The fourth-order valence-electron chi connectivity index (χ4n) is 3.07. The zero-order chi connectivity index (χ0) is 19.6. The van der Waals surface area contributed by atoms with E-state index in [1.807, 2.05) is 0 Å². The maximum absolute atomic E-state index is 11.4. The van der Waals surface area contributed by atoms with Crippen LogP contribution in [0.3, 0.4) is 0 Å². The number of aromatic hydroxyl groups is 1. The lowest BCUT2D eigenvalue weighted by atomic mass is 9.72. The van der Waals surface area contributed by atoms with Crippen molar-refractivity contribution in [1.29, 1.82) is 0 Å². The summed E-state index contributed by atoms with van der Waals surface area (Å²) < 4.78 is 4.73. The van der Waals surface area contributed by atoms with Crippen LogP contribution in [0.2, 0.25) is 0 Å². The van der Waals surface area contributed by atoms with Crippen LogP contribution in [0.1, 0.15) is 91.3 Å². The highest BCUT2D eigenvalue weighted by Gasteiger charge is 2.31. The predicted molar refractivity (Wildman–Crippen MR) is 104 cm³/mol. The molecule has 142 valence electrons. The molecular formula is C22H36O3. The topological polar surface area (TPSA) is 46.5 Å². The number of rotatable bonds is 5. The highest BCUT2D eigenvalue weighted by atomic mass is 16.5. The smallest absolute Gasteiger partial charge is 0.305 e. The van der Waals surface area contributed by atoms with Crippen LogP contribution in [0.15, 0.2) is 12.1 Å². The summed E-state index contributed by atoms with van der Waals surface area (Å²) in [5.41, 5.74) is 2.82. The molecule has 0 amide bonds. The Morgan fingerprint density at radius 2 is 1.48 bits per heavy atom. The van der Waals surface area contributed by atoms with Gasteiger partial charge in [0.05, 0.1) is 7.11 Å². The van der Waals surface area contributed by atoms with Crippen LogP contribution in [0.4, 0.5) is 0 Å². The lowest BCUT2D eigenvalue weighted by molar-refractivity contribution is -0.140. The van der Waals surface area contributed by atoms with Gasteiger partial charge in [-0.2, -0.15) is 0 Å². The summed E-state index contributed by atoms with van der Waals surface area (Å²) in [7, 11) is 1.42. The summed E-state index contributed by atoms with van der Waals surface area (Å²) in [6, 6.07) is 4.28. The molecule has 0 atom stereocenters. The molecule has 0 aliphatic rings. The number of carbonyl (C=O) groups excluding carboxylic acids is 1. The van der Waals surface area contributed by atoms with Crippen LogP contribution >= 0.6 is 0 Å². The van der Waals surface area contributed by atoms with Crippen molar-refractivity contribution in [2.24, 2.45) is 0 Å². The Hall–Kier alpha value is -1.51. The van der Waals surface area contributed by atoms with E-state index in [0.29, 0.717) is 12.2 Å². The molecule has 1 N–H and O–H groups in total. The van der Waals surface area contributed by atoms with Crippen molar-refractivity contribution >= 4 is 5.97 Å². The maximum atomic E-state index is 11.4. The van der Waals surface area contributed by atoms with E-state index in [-0.39, 0.29) is 22.2 Å². The van der Waals surface area contributed by atoms with E-state index in [2.05, 4.69) is 67.5 Å². The molecule has 0 heterocycles. The van der Waals surface area contributed by atoms with Gasteiger partial charge in [-0.1, -0.05) is 67.5 Å². The Kier molecular flexibility index (Phi) is 6.36. The van der Waals surface area contributed by atoms with Gasteiger partial charge in [-0.3, -0.25) is 4.79 Å². The fraction of sp³-hybridized carbons (Fsp3) is 0.682. The van der Waals surface area contributed by atoms with Crippen molar-refractivity contribution in [3.63, 3.8) is 0 Å². The van der Waals surface area contributed by atoms with E-state index in [9.17, 15) is 9.90 Å². The molecule has 0 radical (unpaired) electrons. The van der Waals surface area contributed by atoms with Crippen LogP contribution in [0, 0.1) is 0 Å². The fourth-order valence-corrected chi connectivity index (χ4v) is 3.07. The van der Waals surface area contributed by atoms with E-state index in [1.54, 1.807) is 0 Å². The van der Waals surface area contributed by atoms with Gasteiger partial charge in [0, 0.05) is 12.0 Å². The molecule has 1 aromatic carbocycles. The number of methoxy groups -OCH3 is 1. The van der Waals surface area contributed by atoms with Gasteiger partial charge in [-0.05, 0) is 40.2 Å². The zero-order valence-corrected chi connectivity index (χ0v) is 17.5. The highest BCUT2D eigenvalue weighted by Crippen LogP contribution is 2.43. The van der Waals surface area contributed by atoms with Crippen molar-refractivity contribution in [2.45, 2.75) is 90.9 Å². The van der Waals surface area contributed by atoms with Crippen LogP contribution in [0.5, 0.6) is 5.75 Å². The third-order valence-corrected chi connectivity index (χ3v) is 4.92. The van der Waals surface area contributed by atoms with Gasteiger partial charge in [0.15, 0.2) is 0 Å². The third kappa shape index (κ3) is 5.49. The molecule has 0 aromatic heterocycles. The molecule has 0 bridgehead atoms. The summed E-state index contributed by atoms with van der Waals surface area (Å²) in [5, 5.41) is 11.0. The van der Waals surface area contributed by atoms with Gasteiger partial charge in [0.1, 0.15) is 5.75 Å². The molecule has 0 unspecified atom stereocenters. The predicted octanol–water partition coefficient (Wildman–Crippen LogP) is 5.61. The van der Waals surface area contributed by atoms with E-state index in [0.717, 1.165) is 24.0 Å². The SMILES string of the molecule is COC(=O)CCCC(C)(C)c1cc(C(C)(C)C)cc(C(C)(C)C)c1O. The largest absolute Gasteiger partial charge is 0.507 e. The van der Waals surface area contributed by atoms with Crippen molar-refractivity contribution in [3.8, 4) is 5.75 Å². The molecule has 0 spiro atoms. The Morgan fingerprint density at radius 3 is 1.92 bits per heavy atom. The average molecular weight is 349 g/mol. The standard InChI is InChI=1S/C22H36O3/c1-20(2,3)15-13-16(21(4,5)6)19(24)17(14-15)22(7,8)12-10-11-18(23)25-9/h13-14,24H,10-12H2,1-9H3. The van der Waals surface area contributed by atoms with Crippen molar-refractivity contribution in [1.82, 2.24) is 0 Å².